The zero-order chi connectivity index (χ0) is 25.8. The summed E-state index contributed by atoms with van der Waals surface area (Å²) in [6.45, 7) is 1.78. The maximum absolute atomic E-state index is 13.6. The molecule has 0 saturated heterocycles. The molecule has 36 heavy (non-hydrogen) atoms. The molecule has 0 bridgehead atoms. The van der Waals surface area contributed by atoms with E-state index in [9.17, 15) is 14.0 Å². The lowest BCUT2D eigenvalue weighted by Gasteiger charge is -2.25. The molecule has 3 aromatic carbocycles. The Morgan fingerprint density at radius 3 is 2.47 bits per heavy atom. The van der Waals surface area contributed by atoms with E-state index in [1.54, 1.807) is 20.3 Å². The molecule has 0 unspecified atom stereocenters. The van der Waals surface area contributed by atoms with E-state index in [1.165, 1.54) is 35.2 Å². The zero-order valence-electron chi connectivity index (χ0n) is 20.7. The largest absolute Gasteiger partial charge is 0.497 e. The van der Waals surface area contributed by atoms with Gasteiger partial charge in [-0.1, -0.05) is 35.9 Å². The average Bonchev–Trinajstić information content (AvgIpc) is 3.33. The van der Waals surface area contributed by atoms with Gasteiger partial charge in [0.2, 0.25) is 0 Å². The molecule has 8 heteroatoms. The molecule has 1 heterocycles. The molecule has 1 atom stereocenters. The van der Waals surface area contributed by atoms with Gasteiger partial charge in [0.25, 0.3) is 11.8 Å². The van der Waals surface area contributed by atoms with E-state index in [2.05, 4.69) is 5.10 Å². The molecule has 4 rings (SSSR count). The number of aryl methyl sites for hydroxylation is 1. The molecule has 186 valence electrons. The molecular weight excluding hydrogens is 461 g/mol. The fourth-order valence-corrected chi connectivity index (χ4v) is 4.18. The highest BCUT2D eigenvalue weighted by atomic mass is 19.1. The van der Waals surface area contributed by atoms with Crippen LogP contribution < -0.4 is 9.47 Å². The van der Waals surface area contributed by atoms with Crippen LogP contribution in [-0.4, -0.2) is 55.2 Å². The number of rotatable bonds is 7. The van der Waals surface area contributed by atoms with Gasteiger partial charge in [-0.05, 0) is 42.8 Å². The lowest BCUT2D eigenvalue weighted by atomic mass is 9.97. The molecule has 1 aliphatic heterocycles. The van der Waals surface area contributed by atoms with Crippen LogP contribution >= 0.6 is 0 Å². The Morgan fingerprint density at radius 1 is 1.06 bits per heavy atom. The van der Waals surface area contributed by atoms with E-state index in [-0.39, 0.29) is 24.1 Å². The van der Waals surface area contributed by atoms with Crippen molar-refractivity contribution in [2.75, 3.05) is 27.8 Å². The van der Waals surface area contributed by atoms with Gasteiger partial charge in [-0.2, -0.15) is 5.10 Å². The molecule has 0 fully saturated rings. The topological polar surface area (TPSA) is 71.4 Å². The number of ether oxygens (including phenoxy) is 2. The van der Waals surface area contributed by atoms with Gasteiger partial charge >= 0.3 is 0 Å². The first-order valence-electron chi connectivity index (χ1n) is 11.5. The first kappa shape index (κ1) is 24.9. The van der Waals surface area contributed by atoms with Gasteiger partial charge < -0.3 is 14.4 Å². The number of carbonyl (C=O) groups excluding carboxylic acids is 2. The predicted molar refractivity (Wildman–Crippen MR) is 135 cm³/mol. The van der Waals surface area contributed by atoms with Crippen LogP contribution in [0.15, 0.2) is 71.8 Å². The lowest BCUT2D eigenvalue weighted by molar-refractivity contribution is -0.133. The van der Waals surface area contributed by atoms with Gasteiger partial charge in [0.1, 0.15) is 23.9 Å². The SMILES string of the molecule is COc1ccc(C2=NN(C(=O)CN(C)C(=O)c3cccc(F)c3)[C@H](c3ccc(C)cc3)C2)c(OC)c1. The molecule has 2 amide bonds. The molecular formula is C28H28FN3O4. The summed E-state index contributed by atoms with van der Waals surface area (Å²) in [7, 11) is 4.66. The highest BCUT2D eigenvalue weighted by Gasteiger charge is 2.35. The van der Waals surface area contributed by atoms with Crippen LogP contribution in [0.2, 0.25) is 0 Å². The maximum atomic E-state index is 13.6. The fraction of sp³-hybridized carbons (Fsp3) is 0.250. The lowest BCUT2D eigenvalue weighted by Crippen LogP contribution is -2.39. The summed E-state index contributed by atoms with van der Waals surface area (Å²) >= 11 is 0. The Balaban J connectivity index is 1.63. The second-order valence-electron chi connectivity index (χ2n) is 8.65. The first-order chi connectivity index (χ1) is 17.3. The van der Waals surface area contributed by atoms with Crippen molar-refractivity contribution in [2.24, 2.45) is 5.10 Å². The van der Waals surface area contributed by atoms with Gasteiger partial charge in [0.15, 0.2) is 0 Å². The Bertz CT molecular complexity index is 1310. The second kappa shape index (κ2) is 10.6. The van der Waals surface area contributed by atoms with Crippen molar-refractivity contribution in [1.29, 1.82) is 0 Å². The van der Waals surface area contributed by atoms with Crippen LogP contribution in [0.4, 0.5) is 4.39 Å². The number of amides is 2. The second-order valence-corrected chi connectivity index (χ2v) is 8.65. The highest BCUT2D eigenvalue weighted by Crippen LogP contribution is 2.36. The van der Waals surface area contributed by atoms with Crippen molar-refractivity contribution in [1.82, 2.24) is 9.91 Å². The van der Waals surface area contributed by atoms with Gasteiger partial charge in [-0.25, -0.2) is 9.40 Å². The monoisotopic (exact) mass is 489 g/mol. The molecule has 0 spiro atoms. The normalized spacial score (nSPS) is 14.9. The van der Waals surface area contributed by atoms with Crippen LogP contribution in [-0.2, 0) is 4.79 Å². The molecule has 0 aliphatic carbocycles. The third-order valence-corrected chi connectivity index (χ3v) is 6.14. The van der Waals surface area contributed by atoms with E-state index >= 15 is 0 Å². The van der Waals surface area contributed by atoms with Crippen LogP contribution in [0, 0.1) is 12.7 Å². The smallest absolute Gasteiger partial charge is 0.262 e. The number of halogens is 1. The molecule has 0 N–H and O–H groups in total. The van der Waals surface area contributed by atoms with Crippen LogP contribution in [0.25, 0.3) is 0 Å². The first-order valence-corrected chi connectivity index (χ1v) is 11.5. The van der Waals surface area contributed by atoms with Gasteiger partial charge in [0.05, 0.1) is 26.0 Å². The fourth-order valence-electron chi connectivity index (χ4n) is 4.18. The van der Waals surface area contributed by atoms with Crippen LogP contribution in [0.1, 0.15) is 39.5 Å². The number of likely N-dealkylation sites (N-methyl/N-ethyl adjacent to an activating group) is 1. The van der Waals surface area contributed by atoms with Crippen molar-refractivity contribution in [2.45, 2.75) is 19.4 Å². The minimum absolute atomic E-state index is 0.175. The number of carbonyl (C=O) groups is 2. The van der Waals surface area contributed by atoms with E-state index in [4.69, 9.17) is 9.47 Å². The Hall–Kier alpha value is -4.20. The maximum Gasteiger partial charge on any atom is 0.262 e. The van der Waals surface area contributed by atoms with Crippen molar-refractivity contribution in [3.63, 3.8) is 0 Å². The summed E-state index contributed by atoms with van der Waals surface area (Å²) in [4.78, 5) is 27.5. The third-order valence-electron chi connectivity index (χ3n) is 6.14. The van der Waals surface area contributed by atoms with Crippen molar-refractivity contribution in [3.8, 4) is 11.5 Å². The van der Waals surface area contributed by atoms with Gasteiger partial charge in [-0.3, -0.25) is 9.59 Å². The number of hydrogen-bond acceptors (Lipinski definition) is 5. The molecule has 3 aromatic rings. The molecule has 0 saturated carbocycles. The van der Waals surface area contributed by atoms with Crippen molar-refractivity contribution in [3.05, 3.63) is 94.8 Å². The highest BCUT2D eigenvalue weighted by molar-refractivity contribution is 6.05. The van der Waals surface area contributed by atoms with Crippen LogP contribution in [0.5, 0.6) is 11.5 Å². The standard InChI is InChI=1S/C28H28FN3O4/c1-18-8-10-19(11-9-18)25-16-24(23-13-12-22(35-3)15-26(23)36-4)30-32(25)27(33)17-31(2)28(34)20-6-5-7-21(29)14-20/h5-15,25H,16-17H2,1-4H3/t25-/m0/s1. The summed E-state index contributed by atoms with van der Waals surface area (Å²) in [6.07, 6.45) is 0.471. The number of hydrazone groups is 1. The van der Waals surface area contributed by atoms with E-state index < -0.39 is 11.7 Å². The summed E-state index contributed by atoms with van der Waals surface area (Å²) < 4.78 is 24.5. The summed E-state index contributed by atoms with van der Waals surface area (Å²) in [6, 6.07) is 18.4. The van der Waals surface area contributed by atoms with E-state index in [0.29, 0.717) is 23.6 Å². The third kappa shape index (κ3) is 5.22. The van der Waals surface area contributed by atoms with E-state index in [0.717, 1.165) is 22.8 Å². The Kier molecular flexibility index (Phi) is 7.33. The number of methoxy groups -OCH3 is 2. The quantitative estimate of drug-likeness (QED) is 0.486. The number of nitrogens with zero attached hydrogens (tertiary/aromatic N) is 3. The molecule has 0 radical (unpaired) electrons. The van der Waals surface area contributed by atoms with E-state index in [1.807, 2.05) is 43.3 Å². The van der Waals surface area contributed by atoms with Crippen molar-refractivity contribution < 1.29 is 23.5 Å². The van der Waals surface area contributed by atoms with Crippen molar-refractivity contribution >= 4 is 17.5 Å². The molecule has 1 aliphatic rings. The van der Waals surface area contributed by atoms with Gasteiger partial charge in [0, 0.05) is 30.7 Å². The molecule has 7 nitrogen and oxygen atoms in total. The average molecular weight is 490 g/mol. The number of hydrogen-bond donors (Lipinski definition) is 0. The van der Waals surface area contributed by atoms with Crippen LogP contribution in [0.3, 0.4) is 0 Å². The Morgan fingerprint density at radius 2 is 1.81 bits per heavy atom. The van der Waals surface area contributed by atoms with Gasteiger partial charge in [-0.15, -0.1) is 0 Å². The number of benzene rings is 3. The minimum Gasteiger partial charge on any atom is -0.497 e. The minimum atomic E-state index is -0.512. The Labute approximate surface area is 209 Å². The zero-order valence-corrected chi connectivity index (χ0v) is 20.7. The predicted octanol–water partition coefficient (Wildman–Crippen LogP) is 4.60. The summed E-state index contributed by atoms with van der Waals surface area (Å²) in [5.74, 6) is -0.0781. The molecule has 0 aromatic heterocycles. The summed E-state index contributed by atoms with van der Waals surface area (Å²) in [5, 5.41) is 6.11. The summed E-state index contributed by atoms with van der Waals surface area (Å²) in [5.41, 5.74) is 3.66.